The molecule has 1 aromatic heterocycles. The molecule has 7 heteroatoms. The molecule has 0 bridgehead atoms. The van der Waals surface area contributed by atoms with E-state index in [-0.39, 0.29) is 6.04 Å². The third kappa shape index (κ3) is 5.65. The lowest BCUT2D eigenvalue weighted by Crippen LogP contribution is -3.28. The summed E-state index contributed by atoms with van der Waals surface area (Å²) in [5, 5.41) is 10.3. The molecular weight excluding hydrogens is 396 g/mol. The predicted molar refractivity (Wildman–Crippen MR) is 119 cm³/mol. The lowest BCUT2D eigenvalue weighted by Gasteiger charge is -2.37. The van der Waals surface area contributed by atoms with Crippen molar-refractivity contribution in [3.05, 3.63) is 51.7 Å². The summed E-state index contributed by atoms with van der Waals surface area (Å²) in [5.41, 5.74) is 0.910. The highest BCUT2D eigenvalue weighted by Crippen LogP contribution is 2.20. The maximum absolute atomic E-state index is 6.07. The lowest BCUT2D eigenvalue weighted by atomic mass is 10.1. The molecule has 2 heterocycles. The van der Waals surface area contributed by atoms with E-state index in [1.54, 1.807) is 9.80 Å². The average molecular weight is 425 g/mol. The van der Waals surface area contributed by atoms with E-state index in [1.165, 1.54) is 37.6 Å². The van der Waals surface area contributed by atoms with Crippen molar-refractivity contribution in [3.63, 3.8) is 0 Å². The first-order valence-electron chi connectivity index (χ1n) is 9.61. The van der Waals surface area contributed by atoms with Gasteiger partial charge in [0.25, 0.3) is 0 Å². The monoisotopic (exact) mass is 424 g/mol. The molecule has 0 amide bonds. The van der Waals surface area contributed by atoms with E-state index in [4.69, 9.17) is 23.8 Å². The molecule has 27 heavy (non-hydrogen) atoms. The van der Waals surface area contributed by atoms with Crippen LogP contribution in [0.2, 0.25) is 5.02 Å². The van der Waals surface area contributed by atoms with Crippen LogP contribution in [0, 0.1) is 0 Å². The maximum atomic E-state index is 6.07. The zero-order chi connectivity index (χ0) is 19.2. The van der Waals surface area contributed by atoms with E-state index >= 15 is 0 Å². The minimum absolute atomic E-state index is 0.237. The maximum Gasteiger partial charge on any atom is 0.171 e. The molecule has 0 aliphatic carbocycles. The number of halogens is 1. The Bertz CT molecular complexity index is 729. The Labute approximate surface area is 176 Å². The number of quaternary nitrogens is 2. The van der Waals surface area contributed by atoms with Crippen molar-refractivity contribution in [2.45, 2.75) is 25.9 Å². The Balaban J connectivity index is 1.66. The van der Waals surface area contributed by atoms with Crippen molar-refractivity contribution in [1.82, 2.24) is 5.32 Å². The summed E-state index contributed by atoms with van der Waals surface area (Å²) in [4.78, 5) is 4.79. The molecule has 4 nitrogen and oxygen atoms in total. The number of thiocarbonyl (C=S) groups is 1. The number of hydrogen-bond acceptors (Lipinski definition) is 2. The molecule has 3 rings (SSSR count). The van der Waals surface area contributed by atoms with Crippen LogP contribution >= 0.6 is 35.2 Å². The first kappa shape index (κ1) is 20.6. The largest absolute Gasteiger partial charge is 0.354 e. The molecule has 2 aromatic rings. The van der Waals surface area contributed by atoms with Crippen LogP contribution < -0.4 is 20.4 Å². The smallest absolute Gasteiger partial charge is 0.171 e. The minimum atomic E-state index is 0.237. The van der Waals surface area contributed by atoms with Gasteiger partial charge in [-0.2, -0.15) is 0 Å². The number of piperazine rings is 1. The summed E-state index contributed by atoms with van der Waals surface area (Å²) in [6.45, 7) is 10.6. The van der Waals surface area contributed by atoms with E-state index in [1.807, 2.05) is 35.6 Å². The van der Waals surface area contributed by atoms with E-state index in [0.29, 0.717) is 16.2 Å². The Morgan fingerprint density at radius 3 is 2.63 bits per heavy atom. The second-order valence-corrected chi connectivity index (χ2v) is 8.98. The number of nitrogens with one attached hydrogen (secondary N) is 4. The fraction of sp³-hybridized carbons (Fsp3) is 0.450. The summed E-state index contributed by atoms with van der Waals surface area (Å²) in [7, 11) is 0. The van der Waals surface area contributed by atoms with Gasteiger partial charge in [0, 0.05) is 10.7 Å². The van der Waals surface area contributed by atoms with Crippen LogP contribution in [0.5, 0.6) is 0 Å². The lowest BCUT2D eigenvalue weighted by molar-refractivity contribution is -1.03. The van der Waals surface area contributed by atoms with Crippen LogP contribution in [0.3, 0.4) is 0 Å². The molecule has 1 saturated heterocycles. The summed E-state index contributed by atoms with van der Waals surface area (Å²) >= 11 is 13.5. The summed E-state index contributed by atoms with van der Waals surface area (Å²) < 4.78 is 0. The highest BCUT2D eigenvalue weighted by molar-refractivity contribution is 7.80. The van der Waals surface area contributed by atoms with Crippen LogP contribution in [0.4, 0.5) is 5.69 Å². The molecule has 1 aliphatic heterocycles. The second-order valence-electron chi connectivity index (χ2n) is 7.15. The van der Waals surface area contributed by atoms with Gasteiger partial charge >= 0.3 is 0 Å². The minimum Gasteiger partial charge on any atom is -0.354 e. The third-order valence-corrected chi connectivity index (χ3v) is 6.74. The zero-order valence-electron chi connectivity index (χ0n) is 15.9. The van der Waals surface area contributed by atoms with Gasteiger partial charge in [0.05, 0.1) is 17.5 Å². The molecule has 1 aromatic carbocycles. The third-order valence-electron chi connectivity index (χ3n) is 5.33. The number of likely N-dealkylation sites (N-methyl/N-ethyl adjacent to an activating group) is 1. The Morgan fingerprint density at radius 1 is 1.22 bits per heavy atom. The van der Waals surface area contributed by atoms with E-state index in [2.05, 4.69) is 42.0 Å². The number of rotatable bonds is 6. The second kappa shape index (κ2) is 9.85. The van der Waals surface area contributed by atoms with Crippen molar-refractivity contribution in [2.75, 3.05) is 38.0 Å². The van der Waals surface area contributed by atoms with Crippen LogP contribution in [-0.4, -0.2) is 43.9 Å². The normalized spacial score (nSPS) is 22.0. The number of benzene rings is 1. The van der Waals surface area contributed by atoms with Gasteiger partial charge in [-0.25, -0.2) is 0 Å². The molecule has 1 aliphatic rings. The van der Waals surface area contributed by atoms with Crippen LogP contribution in [-0.2, 0) is 0 Å². The Morgan fingerprint density at radius 2 is 2.00 bits per heavy atom. The SMILES string of the molecule is CC[NH+]1CC[NH+]([C@@H](c2cccs2)[C@@H](C)NC(=S)Nc2cccc(Cl)c2)CC1. The molecule has 146 valence electrons. The van der Waals surface area contributed by atoms with Crippen LogP contribution in [0.25, 0.3) is 0 Å². The molecule has 0 unspecified atom stereocenters. The van der Waals surface area contributed by atoms with Gasteiger partial charge in [-0.3, -0.25) is 0 Å². The highest BCUT2D eigenvalue weighted by Gasteiger charge is 2.34. The molecule has 4 N–H and O–H groups in total. The van der Waals surface area contributed by atoms with Gasteiger partial charge in [-0.1, -0.05) is 23.7 Å². The molecular formula is C20H29ClN4S2+2. The van der Waals surface area contributed by atoms with Crippen molar-refractivity contribution >= 4 is 46.0 Å². The first-order chi connectivity index (χ1) is 13.1. The topological polar surface area (TPSA) is 32.9 Å². The highest BCUT2D eigenvalue weighted by atomic mass is 35.5. The van der Waals surface area contributed by atoms with Crippen molar-refractivity contribution in [3.8, 4) is 0 Å². The molecule has 2 atom stereocenters. The predicted octanol–water partition coefficient (Wildman–Crippen LogP) is 1.62. The number of hydrogen-bond donors (Lipinski definition) is 4. The van der Waals surface area contributed by atoms with Crippen LogP contribution in [0.15, 0.2) is 41.8 Å². The van der Waals surface area contributed by atoms with E-state index in [0.717, 1.165) is 5.69 Å². The fourth-order valence-corrected chi connectivity index (χ4v) is 5.36. The summed E-state index contributed by atoms with van der Waals surface area (Å²) in [5.74, 6) is 0. The Hall–Kier alpha value is -1.18. The summed E-state index contributed by atoms with van der Waals surface area (Å²) in [6, 6.07) is 12.7. The average Bonchev–Trinajstić information content (AvgIpc) is 3.16. The number of anilines is 1. The Kier molecular flexibility index (Phi) is 7.49. The van der Waals surface area contributed by atoms with Crippen molar-refractivity contribution < 1.29 is 9.80 Å². The van der Waals surface area contributed by atoms with Gasteiger partial charge in [-0.05, 0) is 55.7 Å². The van der Waals surface area contributed by atoms with E-state index < -0.39 is 0 Å². The van der Waals surface area contributed by atoms with Crippen molar-refractivity contribution in [2.24, 2.45) is 0 Å². The van der Waals surface area contributed by atoms with Gasteiger partial charge in [0.15, 0.2) is 5.11 Å². The molecule has 0 saturated carbocycles. The number of thiophene rings is 1. The fourth-order valence-electron chi connectivity index (χ4n) is 3.88. The van der Waals surface area contributed by atoms with Gasteiger partial charge in [0.1, 0.15) is 32.2 Å². The van der Waals surface area contributed by atoms with Gasteiger partial charge in [-0.15, -0.1) is 11.3 Å². The van der Waals surface area contributed by atoms with Gasteiger partial charge < -0.3 is 20.4 Å². The van der Waals surface area contributed by atoms with E-state index in [9.17, 15) is 0 Å². The quantitative estimate of drug-likeness (QED) is 0.532. The summed E-state index contributed by atoms with van der Waals surface area (Å²) in [6.07, 6.45) is 0. The van der Waals surface area contributed by atoms with Crippen molar-refractivity contribution in [1.29, 1.82) is 0 Å². The molecule has 0 spiro atoms. The zero-order valence-corrected chi connectivity index (χ0v) is 18.3. The standard InChI is InChI=1S/C20H27ClN4S2/c1-3-24-9-11-25(12-10-24)19(18-8-5-13-27-18)15(2)22-20(26)23-17-7-4-6-16(21)14-17/h4-8,13-15,19H,3,9-12H2,1-2H3,(H2,22,23,26)/p+2/t15-,19-/m1/s1. The van der Waals surface area contributed by atoms with Gasteiger partial charge in [0.2, 0.25) is 0 Å². The molecule has 0 radical (unpaired) electrons. The first-order valence-corrected chi connectivity index (χ1v) is 11.3. The molecule has 1 fully saturated rings. The van der Waals surface area contributed by atoms with Crippen LogP contribution in [0.1, 0.15) is 24.8 Å².